The Labute approximate surface area is 490 Å². The quantitative estimate of drug-likeness (QED) is 0.0764. The topological polar surface area (TPSA) is 219 Å². The zero-order valence-corrected chi connectivity index (χ0v) is 48.7. The number of halogens is 2. The molecule has 1 amide bonds. The van der Waals surface area contributed by atoms with Gasteiger partial charge in [-0.15, -0.1) is 22.7 Å². The van der Waals surface area contributed by atoms with E-state index in [9.17, 15) is 21.6 Å². The number of hydrogen-bond donors (Lipinski definition) is 2. The van der Waals surface area contributed by atoms with Crippen molar-refractivity contribution in [2.75, 3.05) is 51.0 Å². The van der Waals surface area contributed by atoms with Crippen molar-refractivity contribution in [2.24, 2.45) is 0 Å². The third kappa shape index (κ3) is 11.8. The van der Waals surface area contributed by atoms with Gasteiger partial charge in [0.25, 0.3) is 5.91 Å². The van der Waals surface area contributed by atoms with Gasteiger partial charge in [0, 0.05) is 102 Å². The minimum Gasteiger partial charge on any atom is -0.350 e. The molecule has 0 saturated carbocycles. The molecule has 2 fully saturated rings. The molecule has 8 heterocycles. The van der Waals surface area contributed by atoms with E-state index >= 15 is 0 Å². The highest BCUT2D eigenvalue weighted by atomic mass is 35.5. The molecule has 2 aliphatic heterocycles. The Morgan fingerprint density at radius 1 is 0.671 bits per heavy atom. The smallest absolute Gasteiger partial charge is 0.277 e. The third-order valence-electron chi connectivity index (χ3n) is 13.8. The molecule has 20 nitrogen and oxygen atoms in total. The minimum atomic E-state index is -3.67. The molecule has 0 aliphatic carbocycles. The summed E-state index contributed by atoms with van der Waals surface area (Å²) in [7, 11) is -4.32. The maximum absolute atomic E-state index is 13.3. The zero-order chi connectivity index (χ0) is 57.1. The average Bonchev–Trinajstić information content (AvgIpc) is 4.48. The van der Waals surface area contributed by atoms with Crippen LogP contribution in [0.15, 0.2) is 155 Å². The van der Waals surface area contributed by atoms with Crippen LogP contribution >= 0.6 is 45.9 Å². The van der Waals surface area contributed by atoms with Gasteiger partial charge in [0.15, 0.2) is 15.6 Å². The van der Waals surface area contributed by atoms with Gasteiger partial charge >= 0.3 is 0 Å². The van der Waals surface area contributed by atoms with Gasteiger partial charge in [0.1, 0.15) is 11.4 Å². The van der Waals surface area contributed by atoms with Crippen LogP contribution in [0, 0.1) is 6.57 Å². The van der Waals surface area contributed by atoms with E-state index in [2.05, 4.69) is 25.4 Å². The van der Waals surface area contributed by atoms with E-state index in [4.69, 9.17) is 54.5 Å². The molecule has 2 N–H and O–H groups in total. The number of anilines is 2. The van der Waals surface area contributed by atoms with E-state index in [1.807, 2.05) is 74.4 Å². The number of amides is 1. The van der Waals surface area contributed by atoms with Crippen molar-refractivity contribution in [1.82, 2.24) is 52.4 Å². The van der Waals surface area contributed by atoms with Crippen LogP contribution in [0.5, 0.6) is 0 Å². The molecule has 6 aromatic heterocycles. The highest BCUT2D eigenvalue weighted by Crippen LogP contribution is 2.37. The molecule has 418 valence electrons. The lowest BCUT2D eigenvalue weighted by Crippen LogP contribution is -2.45. The number of piperidine rings is 2. The van der Waals surface area contributed by atoms with E-state index in [0.717, 1.165) is 51.0 Å². The van der Waals surface area contributed by atoms with E-state index < -0.39 is 20.0 Å². The van der Waals surface area contributed by atoms with Crippen molar-refractivity contribution in [3.63, 3.8) is 0 Å². The van der Waals surface area contributed by atoms with E-state index in [1.54, 1.807) is 61.9 Å². The minimum absolute atomic E-state index is 0.155. The molecule has 2 atom stereocenters. The number of rotatable bonds is 14. The molecule has 0 radical (unpaired) electrons. The van der Waals surface area contributed by atoms with Gasteiger partial charge in [-0.05, 0) is 110 Å². The zero-order valence-electron chi connectivity index (χ0n) is 43.9. The number of sulfonamides is 2. The summed E-state index contributed by atoms with van der Waals surface area (Å²) in [5.74, 6) is 0.518. The van der Waals surface area contributed by atoms with Crippen LogP contribution in [0.3, 0.4) is 0 Å². The van der Waals surface area contributed by atoms with Crippen molar-refractivity contribution in [1.29, 1.82) is 0 Å². The van der Waals surface area contributed by atoms with Crippen LogP contribution < -0.4 is 10.6 Å². The molecule has 2 saturated heterocycles. The number of imidazole rings is 2. The summed E-state index contributed by atoms with van der Waals surface area (Å²) in [6.07, 6.45) is 10.2. The number of fused-ring (bicyclic) bond motifs is 2. The first-order valence-corrected chi connectivity index (χ1v) is 31.1. The Balaban J connectivity index is 0.000000173. The number of aromatic nitrogens is 8. The molecule has 12 rings (SSSR count). The van der Waals surface area contributed by atoms with Crippen LogP contribution in [0.25, 0.3) is 60.1 Å². The lowest BCUT2D eigenvalue weighted by Gasteiger charge is -2.32. The normalized spacial score (nSPS) is 16.1. The molecule has 10 aromatic rings. The number of hydroxylamine groups is 2. The molecule has 26 heteroatoms. The maximum atomic E-state index is 13.3. The van der Waals surface area contributed by atoms with Crippen LogP contribution in [0.2, 0.25) is 10.0 Å². The summed E-state index contributed by atoms with van der Waals surface area (Å²) < 4.78 is 59.9. The first-order valence-electron chi connectivity index (χ1n) is 25.7. The highest BCUT2D eigenvalue weighted by molar-refractivity contribution is 7.89. The van der Waals surface area contributed by atoms with Crippen LogP contribution in [0.1, 0.15) is 36.0 Å². The monoisotopic (exact) mass is 1210 g/mol. The second-order valence-electron chi connectivity index (χ2n) is 19.1. The largest absolute Gasteiger partial charge is 0.350 e. The second-order valence-corrected chi connectivity index (χ2v) is 25.6. The lowest BCUT2D eigenvalue weighted by molar-refractivity contribution is -0.0756. The van der Waals surface area contributed by atoms with Crippen LogP contribution in [-0.4, -0.2) is 128 Å². The van der Waals surface area contributed by atoms with Gasteiger partial charge in [-0.1, -0.05) is 53.5 Å². The summed E-state index contributed by atoms with van der Waals surface area (Å²) >= 11 is 14.9. The number of carbonyl (C=O) groups excluding carboxylic acids is 1. The van der Waals surface area contributed by atoms with Gasteiger partial charge in [-0.25, -0.2) is 56.6 Å². The number of benzene rings is 4. The fourth-order valence-electron chi connectivity index (χ4n) is 9.80. The maximum Gasteiger partial charge on any atom is 0.277 e. The molecule has 0 spiro atoms. The van der Waals surface area contributed by atoms with Gasteiger partial charge in [0.2, 0.25) is 31.9 Å². The standard InChI is InChI=1S/C29H28ClN7O4S2.C27H22ClN7O2S2/c1-35(41-2)27(38)20-6-3-5-19(17-20)25-26(37-15-16-42-29(37)34-25)24-12-13-31-28(33-24)32-22-7-4-14-36(18-22)43(39,40)23-10-8-21(30)9-11-23;1-29-20-5-2-4-18(16-20)24-25(35-14-15-38-27(35)33-24)23-11-12-30-26(32-23)31-21-6-3-13-34(17-21)39(36,37)22-9-7-19(28)8-10-22/h3,5-6,8-13,15-17,22H,4,7,14,18H2,1-2H3,(H,31,32,33);2,4-5,7-12,14-16,21H,3,6,13,17H2,(H,30,31,32)/t22-;21-/m11/s1. The predicted molar refractivity (Wildman–Crippen MR) is 318 cm³/mol. The second kappa shape index (κ2) is 24.0. The van der Waals surface area contributed by atoms with Gasteiger partial charge in [-0.3, -0.25) is 18.4 Å². The van der Waals surface area contributed by atoms with Crippen molar-refractivity contribution in [3.8, 4) is 45.3 Å². The predicted octanol–water partition coefficient (Wildman–Crippen LogP) is 11.1. The van der Waals surface area contributed by atoms with Crippen molar-refractivity contribution >= 4 is 99.3 Å². The lowest BCUT2D eigenvalue weighted by atomic mass is 10.0. The van der Waals surface area contributed by atoms with Crippen molar-refractivity contribution < 1.29 is 26.5 Å². The summed E-state index contributed by atoms with van der Waals surface area (Å²) in [5, 5.41) is 12.7. The summed E-state index contributed by atoms with van der Waals surface area (Å²) in [5.41, 5.74) is 6.84. The molecule has 4 aromatic carbocycles. The fraction of sp³-hybridized carbons (Fsp3) is 0.214. The van der Waals surface area contributed by atoms with Gasteiger partial charge < -0.3 is 10.6 Å². The number of hydrogen-bond acceptors (Lipinski definition) is 16. The van der Waals surface area contributed by atoms with E-state index in [0.29, 0.717) is 82.8 Å². The average molecular weight is 1210 g/mol. The van der Waals surface area contributed by atoms with Gasteiger partial charge in [-0.2, -0.15) is 8.61 Å². The van der Waals surface area contributed by atoms with Crippen molar-refractivity contribution in [3.05, 3.63) is 172 Å². The molecule has 0 bridgehead atoms. The summed E-state index contributed by atoms with van der Waals surface area (Å²) in [6, 6.07) is 30.3. The SMILES string of the molecule is CON(C)C(=O)c1cccc(-c2nc3sccn3c2-c2ccnc(N[C@@H]3CCCN(S(=O)(=O)c4ccc(Cl)cc4)C3)n2)c1.[C-]#[N+]c1cccc(-c2nc3sccn3c2-c2ccnc(N[C@@H]3CCCN(S(=O)(=O)c4ccc(Cl)cc4)C3)n2)c1. The number of nitrogens with one attached hydrogen (secondary N) is 2. The first kappa shape index (κ1) is 56.2. The van der Waals surface area contributed by atoms with Gasteiger partial charge in [0.05, 0.1) is 46.2 Å². The third-order valence-corrected chi connectivity index (χ3v) is 19.6. The molecular formula is C56H50Cl2N14O6S4. The van der Waals surface area contributed by atoms with Crippen LogP contribution in [0.4, 0.5) is 17.6 Å². The summed E-state index contributed by atoms with van der Waals surface area (Å²) in [6.45, 7) is 8.84. The van der Waals surface area contributed by atoms with E-state index in [-0.39, 0.29) is 34.3 Å². The Kier molecular flexibility index (Phi) is 16.5. The van der Waals surface area contributed by atoms with E-state index in [1.165, 1.54) is 67.7 Å². The number of nitrogens with zero attached hydrogens (tertiary/aromatic N) is 12. The summed E-state index contributed by atoms with van der Waals surface area (Å²) in [4.78, 5) is 51.6. The molecule has 2 aliphatic rings. The fourth-order valence-corrected chi connectivity index (χ4v) is 14.5. The van der Waals surface area contributed by atoms with Crippen molar-refractivity contribution in [2.45, 2.75) is 47.6 Å². The first-order chi connectivity index (χ1) is 39.7. The molecule has 82 heavy (non-hydrogen) atoms. The Hall–Kier alpha value is -7.70. The van der Waals surface area contributed by atoms with Crippen LogP contribution in [-0.2, 0) is 24.9 Å². The highest BCUT2D eigenvalue weighted by Gasteiger charge is 2.33. The Morgan fingerprint density at radius 2 is 1.15 bits per heavy atom. The number of carbonyl (C=O) groups is 1. The Morgan fingerprint density at radius 3 is 1.62 bits per heavy atom. The Bertz CT molecular complexity index is 4250. The molecular weight excluding hydrogens is 1160 g/mol. The number of thiazole rings is 2. The molecule has 0 unspecified atom stereocenters.